The first-order valence-electron chi connectivity index (χ1n) is 21.5. The third-order valence-electron chi connectivity index (χ3n) is 10.9. The van der Waals surface area contributed by atoms with Gasteiger partial charge in [-0.15, -0.1) is 0 Å². The molecule has 2 aromatic heterocycles. The van der Waals surface area contributed by atoms with Gasteiger partial charge in [-0.3, -0.25) is 0 Å². The van der Waals surface area contributed by atoms with Crippen molar-refractivity contribution in [1.82, 2.24) is 15.0 Å². The summed E-state index contributed by atoms with van der Waals surface area (Å²) in [6, 6.07) is 69.7. The number of aromatic nitrogens is 3. The van der Waals surface area contributed by atoms with Gasteiger partial charge in [-0.05, 0) is 64.6 Å². The minimum Gasteiger partial charge on any atom is -0.456 e. The van der Waals surface area contributed by atoms with Crippen LogP contribution in [0.1, 0.15) is 37.5 Å². The number of amidine groups is 1. The van der Waals surface area contributed by atoms with Crippen LogP contribution in [0.15, 0.2) is 227 Å². The van der Waals surface area contributed by atoms with Gasteiger partial charge in [0, 0.05) is 38.7 Å². The molecule has 0 radical (unpaired) electrons. The molecule has 308 valence electrons. The summed E-state index contributed by atoms with van der Waals surface area (Å²) in [4.78, 5) is 24.6. The topological polar surface area (TPSA) is 76.5 Å². The molecule has 10 aromatic rings. The molecule has 8 aromatic carbocycles. The third kappa shape index (κ3) is 8.85. The van der Waals surface area contributed by atoms with Crippen LogP contribution in [0, 0.1) is 0 Å². The van der Waals surface area contributed by atoms with Crippen molar-refractivity contribution in [1.29, 1.82) is 0 Å². The smallest absolute Gasteiger partial charge is 0.164 e. The Bertz CT molecular complexity index is 3210. The van der Waals surface area contributed by atoms with E-state index in [0.29, 0.717) is 29.0 Å². The number of nitrogens with zero attached hydrogens (tertiary/aromatic N) is 5. The summed E-state index contributed by atoms with van der Waals surface area (Å²) in [6.07, 6.45) is 0. The zero-order valence-corrected chi connectivity index (χ0v) is 36.0. The van der Waals surface area contributed by atoms with Gasteiger partial charge in [-0.25, -0.2) is 24.9 Å². The van der Waals surface area contributed by atoms with Crippen LogP contribution in [0.25, 0.3) is 84.1 Å². The van der Waals surface area contributed by atoms with Gasteiger partial charge >= 0.3 is 0 Å². The monoisotopic (exact) mass is 827 g/mol. The summed E-state index contributed by atoms with van der Waals surface area (Å²) in [5.41, 5.74) is 13.2. The van der Waals surface area contributed by atoms with Gasteiger partial charge in [0.05, 0.1) is 5.70 Å². The van der Waals surface area contributed by atoms with Gasteiger partial charge < -0.3 is 4.42 Å². The molecule has 0 aliphatic rings. The molecular weight excluding hydrogens is 783 g/mol. The van der Waals surface area contributed by atoms with Gasteiger partial charge in [0.15, 0.2) is 23.3 Å². The van der Waals surface area contributed by atoms with Crippen molar-refractivity contribution in [2.45, 2.75) is 20.8 Å². The van der Waals surface area contributed by atoms with Crippen LogP contribution in [-0.4, -0.2) is 26.5 Å². The lowest BCUT2D eigenvalue weighted by atomic mass is 9.99. The fourth-order valence-electron chi connectivity index (χ4n) is 7.58. The van der Waals surface area contributed by atoms with Crippen LogP contribution in [0.2, 0.25) is 0 Å². The van der Waals surface area contributed by atoms with Crippen LogP contribution >= 0.6 is 0 Å². The van der Waals surface area contributed by atoms with Gasteiger partial charge in [0.25, 0.3) is 0 Å². The summed E-state index contributed by atoms with van der Waals surface area (Å²) in [5.74, 6) is 2.52. The first-order valence-corrected chi connectivity index (χ1v) is 21.5. The quantitative estimate of drug-likeness (QED) is 0.107. The van der Waals surface area contributed by atoms with Crippen molar-refractivity contribution in [3.63, 3.8) is 0 Å². The van der Waals surface area contributed by atoms with Gasteiger partial charge in [-0.2, -0.15) is 0 Å². The maximum atomic E-state index is 6.33. The summed E-state index contributed by atoms with van der Waals surface area (Å²) in [5, 5.41) is 2.11. The molecule has 0 unspecified atom stereocenters. The fraction of sp³-hybridized carbons (Fsp3) is 0.0517. The highest BCUT2D eigenvalue weighted by Crippen LogP contribution is 2.36. The third-order valence-corrected chi connectivity index (χ3v) is 10.9. The lowest BCUT2D eigenvalue weighted by Gasteiger charge is -2.09. The number of hydrogen-bond donors (Lipinski definition) is 0. The molecule has 0 spiro atoms. The number of benzene rings is 8. The van der Waals surface area contributed by atoms with Gasteiger partial charge in [-0.1, -0.05) is 202 Å². The first-order chi connectivity index (χ1) is 31.5. The Morgan fingerprint density at radius 2 is 0.766 bits per heavy atom. The minimum absolute atomic E-state index is 0.617. The van der Waals surface area contributed by atoms with Crippen LogP contribution < -0.4 is 0 Å². The van der Waals surface area contributed by atoms with E-state index in [9.17, 15) is 0 Å². The largest absolute Gasteiger partial charge is 0.456 e. The molecular formula is C58H45N5O. The van der Waals surface area contributed by atoms with E-state index in [0.717, 1.165) is 83.3 Å². The number of aliphatic imine (C=N–C) groups is 2. The second-order valence-electron chi connectivity index (χ2n) is 15.0. The molecule has 6 nitrogen and oxygen atoms in total. The highest BCUT2D eigenvalue weighted by atomic mass is 16.3. The number of furan rings is 1. The van der Waals surface area contributed by atoms with Crippen molar-refractivity contribution >= 4 is 39.2 Å². The molecule has 0 aliphatic carbocycles. The standard InChI is InChI=1S/C56H39N5O.C2H6/c1-37(39-15-7-3-8-16-39)57-53(43-17-9-4-10-18-43)58-38(2)40-23-25-41(26-24-40)47-31-33-51-49(35-47)50-36-48(32-34-52(50)62-51)42-27-29-46(30-28-42)56-60-54(44-19-11-5-12-20-44)59-55(61-56)45-21-13-6-14-22-45;1-2/h3-36H,2H2,1H3;1-2H3. The van der Waals surface area contributed by atoms with E-state index < -0.39 is 0 Å². The Hall–Kier alpha value is -8.35. The molecule has 0 N–H and O–H groups in total. The SMILES string of the molecule is C=C(N=C(N=C(C)c1ccccc1)c1ccccc1)c1ccc(-c2ccc3oc4ccc(-c5ccc(-c6nc(-c7ccccc7)nc(-c7ccccc7)n6)cc5)cc4c3c2)cc1.CC. The van der Waals surface area contributed by atoms with Crippen LogP contribution in [0.4, 0.5) is 0 Å². The highest BCUT2D eigenvalue weighted by Gasteiger charge is 2.15. The normalized spacial score (nSPS) is 11.6. The van der Waals surface area contributed by atoms with Crippen molar-refractivity contribution in [3.05, 3.63) is 230 Å². The van der Waals surface area contributed by atoms with Crippen LogP contribution in [-0.2, 0) is 0 Å². The van der Waals surface area contributed by atoms with E-state index in [1.165, 1.54) is 0 Å². The molecule has 0 fully saturated rings. The maximum absolute atomic E-state index is 6.33. The average Bonchev–Trinajstić information content (AvgIpc) is 3.75. The van der Waals surface area contributed by atoms with Crippen molar-refractivity contribution in [3.8, 4) is 56.4 Å². The van der Waals surface area contributed by atoms with Crippen molar-refractivity contribution in [2.24, 2.45) is 9.98 Å². The zero-order chi connectivity index (χ0) is 43.8. The molecule has 6 heteroatoms. The fourth-order valence-corrected chi connectivity index (χ4v) is 7.58. The van der Waals surface area contributed by atoms with E-state index in [4.69, 9.17) is 29.4 Å². The van der Waals surface area contributed by atoms with Crippen molar-refractivity contribution < 1.29 is 4.42 Å². The molecule has 0 amide bonds. The number of rotatable bonds is 9. The molecule has 0 saturated carbocycles. The molecule has 0 saturated heterocycles. The van der Waals surface area contributed by atoms with Crippen LogP contribution in [0.5, 0.6) is 0 Å². The summed E-state index contributed by atoms with van der Waals surface area (Å²) in [7, 11) is 0. The van der Waals surface area contributed by atoms with E-state index in [2.05, 4.69) is 104 Å². The van der Waals surface area contributed by atoms with Gasteiger partial charge in [0.1, 0.15) is 11.2 Å². The minimum atomic E-state index is 0.617. The molecule has 2 heterocycles. The summed E-state index contributed by atoms with van der Waals surface area (Å²) < 4.78 is 6.33. The van der Waals surface area contributed by atoms with E-state index in [1.807, 2.05) is 130 Å². The summed E-state index contributed by atoms with van der Waals surface area (Å²) in [6.45, 7) is 10.4. The maximum Gasteiger partial charge on any atom is 0.164 e. The Morgan fingerprint density at radius 1 is 0.391 bits per heavy atom. The number of fused-ring (bicyclic) bond motifs is 3. The Morgan fingerprint density at radius 3 is 1.23 bits per heavy atom. The predicted octanol–water partition coefficient (Wildman–Crippen LogP) is 15.1. The second-order valence-corrected chi connectivity index (χ2v) is 15.0. The lowest BCUT2D eigenvalue weighted by molar-refractivity contribution is 0.669. The second kappa shape index (κ2) is 18.7. The Kier molecular flexibility index (Phi) is 12.0. The van der Waals surface area contributed by atoms with Gasteiger partial charge in [0.2, 0.25) is 0 Å². The van der Waals surface area contributed by atoms with E-state index in [-0.39, 0.29) is 0 Å². The molecule has 10 rings (SSSR count). The predicted molar refractivity (Wildman–Crippen MR) is 266 cm³/mol. The van der Waals surface area contributed by atoms with E-state index >= 15 is 0 Å². The van der Waals surface area contributed by atoms with Crippen LogP contribution in [0.3, 0.4) is 0 Å². The summed E-state index contributed by atoms with van der Waals surface area (Å²) >= 11 is 0. The molecule has 64 heavy (non-hydrogen) atoms. The first kappa shape index (κ1) is 41.0. The van der Waals surface area contributed by atoms with E-state index in [1.54, 1.807) is 0 Å². The lowest BCUT2D eigenvalue weighted by Crippen LogP contribution is -2.04. The van der Waals surface area contributed by atoms with Crippen molar-refractivity contribution in [2.75, 3.05) is 0 Å². The Labute approximate surface area is 373 Å². The Balaban J connectivity index is 0.00000256. The number of hydrogen-bond acceptors (Lipinski definition) is 5. The molecule has 0 aliphatic heterocycles. The molecule has 0 atom stereocenters. The average molecular weight is 828 g/mol. The highest BCUT2D eigenvalue weighted by molar-refractivity contribution is 6.13. The molecule has 0 bridgehead atoms. The zero-order valence-electron chi connectivity index (χ0n) is 36.0.